The lowest BCUT2D eigenvalue weighted by Gasteiger charge is -2.34. The smallest absolute Gasteiger partial charge is 0.309 e. The predicted molar refractivity (Wildman–Crippen MR) is 164 cm³/mol. The van der Waals surface area contributed by atoms with E-state index in [1.807, 2.05) is 58.0 Å². The number of nitrogens with zero attached hydrogens (tertiary/aromatic N) is 1. The van der Waals surface area contributed by atoms with E-state index in [0.717, 1.165) is 44.1 Å². The van der Waals surface area contributed by atoms with Gasteiger partial charge < -0.3 is 24.4 Å². The number of rotatable bonds is 15. The van der Waals surface area contributed by atoms with Crippen molar-refractivity contribution in [3.05, 3.63) is 35.9 Å². The molecular weight excluding hydrogens is 548 g/mol. The van der Waals surface area contributed by atoms with E-state index in [-0.39, 0.29) is 43.3 Å². The Balaban J connectivity index is 1.67. The molecule has 9 heteroatoms. The lowest BCUT2D eigenvalue weighted by atomic mass is 9.75. The second-order valence-corrected chi connectivity index (χ2v) is 13.2. The summed E-state index contributed by atoms with van der Waals surface area (Å²) in [7, 11) is 0. The molecule has 0 aromatic heterocycles. The molecule has 43 heavy (non-hydrogen) atoms. The fraction of sp³-hybridized carbons (Fsp3) is 0.706. The van der Waals surface area contributed by atoms with Gasteiger partial charge in [0, 0.05) is 13.1 Å². The molecule has 2 unspecified atom stereocenters. The molecule has 1 saturated heterocycles. The minimum absolute atomic E-state index is 0.107. The molecule has 0 spiro atoms. The molecule has 240 valence electrons. The molecule has 1 saturated carbocycles. The first-order chi connectivity index (χ1) is 20.5. The van der Waals surface area contributed by atoms with E-state index in [2.05, 4.69) is 5.32 Å². The fourth-order valence-electron chi connectivity index (χ4n) is 6.10. The SMILES string of the molecule is CCCC(CC1(C(=O)NC(COCc2ccccc2)CC(=O)OCC(=O)N2CCCCC2)CCCC1)C(=O)OC(C)(C)C. The van der Waals surface area contributed by atoms with Crippen molar-refractivity contribution in [2.45, 2.75) is 117 Å². The maximum absolute atomic E-state index is 14.0. The molecule has 2 aliphatic rings. The lowest BCUT2D eigenvalue weighted by molar-refractivity contribution is -0.162. The topological polar surface area (TPSA) is 111 Å². The van der Waals surface area contributed by atoms with E-state index in [0.29, 0.717) is 45.4 Å². The third-order valence-electron chi connectivity index (χ3n) is 8.30. The van der Waals surface area contributed by atoms with Crippen molar-refractivity contribution in [1.29, 1.82) is 0 Å². The largest absolute Gasteiger partial charge is 0.460 e. The number of likely N-dealkylation sites (tertiary alicyclic amines) is 1. The molecule has 1 aliphatic carbocycles. The second kappa shape index (κ2) is 16.8. The molecule has 2 fully saturated rings. The van der Waals surface area contributed by atoms with Crippen molar-refractivity contribution < 1.29 is 33.4 Å². The van der Waals surface area contributed by atoms with Gasteiger partial charge in [0.1, 0.15) is 5.60 Å². The van der Waals surface area contributed by atoms with Gasteiger partial charge in [-0.3, -0.25) is 19.2 Å². The summed E-state index contributed by atoms with van der Waals surface area (Å²) in [4.78, 5) is 54.2. The average Bonchev–Trinajstić information content (AvgIpc) is 3.45. The number of carbonyl (C=O) groups is 4. The zero-order chi connectivity index (χ0) is 31.3. The van der Waals surface area contributed by atoms with E-state index in [1.54, 1.807) is 4.90 Å². The molecule has 1 aliphatic heterocycles. The molecule has 2 amide bonds. The Labute approximate surface area is 257 Å². The van der Waals surface area contributed by atoms with Crippen LogP contribution in [0.5, 0.6) is 0 Å². The van der Waals surface area contributed by atoms with Gasteiger partial charge in [-0.05, 0) is 71.3 Å². The Morgan fingerprint density at radius 3 is 2.28 bits per heavy atom. The first-order valence-corrected chi connectivity index (χ1v) is 16.1. The average molecular weight is 601 g/mol. The van der Waals surface area contributed by atoms with Crippen LogP contribution in [0.2, 0.25) is 0 Å². The monoisotopic (exact) mass is 600 g/mol. The zero-order valence-corrected chi connectivity index (χ0v) is 26.7. The molecule has 1 aromatic rings. The molecule has 0 bridgehead atoms. The van der Waals surface area contributed by atoms with Gasteiger partial charge in [-0.25, -0.2) is 0 Å². The Hall–Kier alpha value is -2.94. The Bertz CT molecular complexity index is 1040. The van der Waals surface area contributed by atoms with Crippen LogP contribution in [-0.2, 0) is 40.0 Å². The lowest BCUT2D eigenvalue weighted by Crippen LogP contribution is -2.48. The summed E-state index contributed by atoms with van der Waals surface area (Å²) in [5.74, 6) is -1.56. The summed E-state index contributed by atoms with van der Waals surface area (Å²) >= 11 is 0. The number of piperidine rings is 1. The maximum atomic E-state index is 14.0. The molecule has 9 nitrogen and oxygen atoms in total. The molecule has 1 aromatic carbocycles. The summed E-state index contributed by atoms with van der Waals surface area (Å²) in [5, 5.41) is 3.09. The van der Waals surface area contributed by atoms with Crippen LogP contribution in [0.4, 0.5) is 0 Å². The highest BCUT2D eigenvalue weighted by atomic mass is 16.6. The summed E-state index contributed by atoms with van der Waals surface area (Å²) in [5.41, 5.74) is -0.345. The van der Waals surface area contributed by atoms with Gasteiger partial charge >= 0.3 is 11.9 Å². The van der Waals surface area contributed by atoms with Crippen LogP contribution in [0.3, 0.4) is 0 Å². The number of hydrogen-bond acceptors (Lipinski definition) is 7. The van der Waals surface area contributed by atoms with Crippen molar-refractivity contribution in [2.75, 3.05) is 26.3 Å². The Kier molecular flexibility index (Phi) is 13.5. The molecular formula is C34H52N2O7. The van der Waals surface area contributed by atoms with Gasteiger partial charge in [0.2, 0.25) is 5.91 Å². The fourth-order valence-corrected chi connectivity index (χ4v) is 6.10. The summed E-state index contributed by atoms with van der Waals surface area (Å²) < 4.78 is 17.0. The van der Waals surface area contributed by atoms with E-state index in [1.165, 1.54) is 0 Å². The standard InChI is InChI=1S/C34H52N2O7/c1-5-14-27(31(39)43-33(2,3)4)22-34(17-10-11-18-34)32(40)35-28(24-41-23-26-15-8-6-9-16-26)21-30(38)42-25-29(37)36-19-12-7-13-20-36/h6,8-9,15-16,27-28H,5,7,10-14,17-25H2,1-4H3,(H,35,40). The van der Waals surface area contributed by atoms with Gasteiger partial charge in [-0.2, -0.15) is 0 Å². The van der Waals surface area contributed by atoms with Crippen molar-refractivity contribution in [1.82, 2.24) is 10.2 Å². The first kappa shape index (κ1) is 34.5. The first-order valence-electron chi connectivity index (χ1n) is 16.1. The van der Waals surface area contributed by atoms with Crippen molar-refractivity contribution in [2.24, 2.45) is 11.3 Å². The quantitative estimate of drug-likeness (QED) is 0.271. The van der Waals surface area contributed by atoms with Gasteiger partial charge in [0.15, 0.2) is 6.61 Å². The van der Waals surface area contributed by atoms with Gasteiger partial charge in [0.05, 0.1) is 37.0 Å². The van der Waals surface area contributed by atoms with Crippen LogP contribution < -0.4 is 5.32 Å². The van der Waals surface area contributed by atoms with E-state index >= 15 is 0 Å². The van der Waals surface area contributed by atoms with Crippen LogP contribution in [0.1, 0.15) is 104 Å². The third-order valence-corrected chi connectivity index (χ3v) is 8.30. The number of ether oxygens (including phenoxy) is 3. The molecule has 2 atom stereocenters. The molecule has 1 heterocycles. The van der Waals surface area contributed by atoms with Crippen molar-refractivity contribution in [3.63, 3.8) is 0 Å². The van der Waals surface area contributed by atoms with Crippen molar-refractivity contribution >= 4 is 23.8 Å². The minimum Gasteiger partial charge on any atom is -0.460 e. The number of hydrogen-bond donors (Lipinski definition) is 1. The maximum Gasteiger partial charge on any atom is 0.309 e. The van der Waals surface area contributed by atoms with Crippen LogP contribution in [0.15, 0.2) is 30.3 Å². The van der Waals surface area contributed by atoms with Crippen LogP contribution in [0, 0.1) is 11.3 Å². The highest BCUT2D eigenvalue weighted by molar-refractivity contribution is 5.85. The highest BCUT2D eigenvalue weighted by Gasteiger charge is 2.45. The minimum atomic E-state index is -0.720. The predicted octanol–water partition coefficient (Wildman–Crippen LogP) is 5.34. The number of amides is 2. The Morgan fingerprint density at radius 1 is 0.977 bits per heavy atom. The van der Waals surface area contributed by atoms with E-state index < -0.39 is 23.0 Å². The third kappa shape index (κ3) is 11.6. The number of carbonyl (C=O) groups excluding carboxylic acids is 4. The van der Waals surface area contributed by atoms with Gasteiger partial charge in [0.25, 0.3) is 5.91 Å². The van der Waals surface area contributed by atoms with Gasteiger partial charge in [-0.15, -0.1) is 0 Å². The summed E-state index contributed by atoms with van der Waals surface area (Å²) in [6, 6.07) is 9.04. The number of esters is 2. The van der Waals surface area contributed by atoms with E-state index in [9.17, 15) is 19.2 Å². The van der Waals surface area contributed by atoms with Crippen LogP contribution >= 0.6 is 0 Å². The molecule has 3 rings (SSSR count). The summed E-state index contributed by atoms with van der Waals surface area (Å²) in [6.07, 6.45) is 7.91. The highest BCUT2D eigenvalue weighted by Crippen LogP contribution is 2.45. The van der Waals surface area contributed by atoms with Crippen LogP contribution in [-0.4, -0.2) is 66.6 Å². The van der Waals surface area contributed by atoms with Gasteiger partial charge in [-0.1, -0.05) is 56.5 Å². The normalized spacial score (nSPS) is 18.0. The van der Waals surface area contributed by atoms with Crippen molar-refractivity contribution in [3.8, 4) is 0 Å². The number of benzene rings is 1. The van der Waals surface area contributed by atoms with Crippen LogP contribution in [0.25, 0.3) is 0 Å². The molecule has 1 N–H and O–H groups in total. The Morgan fingerprint density at radius 2 is 1.65 bits per heavy atom. The van der Waals surface area contributed by atoms with E-state index in [4.69, 9.17) is 14.2 Å². The molecule has 0 radical (unpaired) electrons. The second-order valence-electron chi connectivity index (χ2n) is 13.2. The number of nitrogens with one attached hydrogen (secondary N) is 1. The zero-order valence-electron chi connectivity index (χ0n) is 26.7. The summed E-state index contributed by atoms with van der Waals surface area (Å²) in [6.45, 7) is 9.10.